The van der Waals surface area contributed by atoms with Crippen LogP contribution in [0.15, 0.2) is 0 Å². The number of piperidine rings is 1. The first-order valence-corrected chi connectivity index (χ1v) is 8.82. The van der Waals surface area contributed by atoms with E-state index in [4.69, 9.17) is 4.74 Å². The largest absolute Gasteiger partial charge is 0.379 e. The standard InChI is InChI=1S/C16H30N4O2.ClH/c21-16(14-19-9-11-22-12-10-19)20-7-5-18(6-8-20)13-15-1-3-17-4-2-15;/h15,17H,1-14H2;1H. The molecule has 0 aliphatic carbocycles. The molecule has 0 spiro atoms. The number of nitrogens with zero attached hydrogens (tertiary/aromatic N) is 3. The van der Waals surface area contributed by atoms with Crippen molar-refractivity contribution >= 4 is 18.3 Å². The number of halogens is 1. The lowest BCUT2D eigenvalue weighted by atomic mass is 9.97. The monoisotopic (exact) mass is 346 g/mol. The quantitative estimate of drug-likeness (QED) is 0.769. The highest BCUT2D eigenvalue weighted by molar-refractivity contribution is 5.85. The zero-order valence-corrected chi connectivity index (χ0v) is 14.9. The molecule has 3 fully saturated rings. The van der Waals surface area contributed by atoms with Crippen molar-refractivity contribution in [3.63, 3.8) is 0 Å². The number of rotatable bonds is 4. The van der Waals surface area contributed by atoms with E-state index in [1.807, 2.05) is 4.90 Å². The molecule has 0 aromatic rings. The molecule has 0 aromatic heterocycles. The van der Waals surface area contributed by atoms with Crippen LogP contribution >= 0.6 is 12.4 Å². The van der Waals surface area contributed by atoms with Gasteiger partial charge in [0.2, 0.25) is 5.91 Å². The maximum Gasteiger partial charge on any atom is 0.236 e. The molecule has 0 saturated carbocycles. The molecule has 134 valence electrons. The molecular weight excluding hydrogens is 316 g/mol. The second-order valence-corrected chi connectivity index (χ2v) is 6.76. The van der Waals surface area contributed by atoms with E-state index in [1.54, 1.807) is 0 Å². The highest BCUT2D eigenvalue weighted by Crippen LogP contribution is 2.15. The highest BCUT2D eigenvalue weighted by Gasteiger charge is 2.25. The summed E-state index contributed by atoms with van der Waals surface area (Å²) in [4.78, 5) is 19.2. The van der Waals surface area contributed by atoms with Gasteiger partial charge < -0.3 is 15.0 Å². The highest BCUT2D eigenvalue weighted by atomic mass is 35.5. The molecule has 0 bridgehead atoms. The van der Waals surface area contributed by atoms with Gasteiger partial charge in [0.1, 0.15) is 0 Å². The Labute approximate surface area is 145 Å². The van der Waals surface area contributed by atoms with Crippen LogP contribution in [0.4, 0.5) is 0 Å². The van der Waals surface area contributed by atoms with Crippen molar-refractivity contribution in [3.05, 3.63) is 0 Å². The summed E-state index contributed by atoms with van der Waals surface area (Å²) in [5.74, 6) is 1.14. The summed E-state index contributed by atoms with van der Waals surface area (Å²) in [6.07, 6.45) is 2.60. The van der Waals surface area contributed by atoms with Gasteiger partial charge in [-0.25, -0.2) is 0 Å². The molecule has 3 aliphatic rings. The van der Waals surface area contributed by atoms with Gasteiger partial charge in [-0.1, -0.05) is 0 Å². The van der Waals surface area contributed by atoms with Gasteiger partial charge in [0.05, 0.1) is 19.8 Å². The van der Waals surface area contributed by atoms with Crippen LogP contribution in [0, 0.1) is 5.92 Å². The summed E-state index contributed by atoms with van der Waals surface area (Å²) >= 11 is 0. The van der Waals surface area contributed by atoms with E-state index in [9.17, 15) is 4.79 Å². The van der Waals surface area contributed by atoms with Crippen LogP contribution in [-0.4, -0.2) is 99.3 Å². The first kappa shape index (κ1) is 18.9. The predicted octanol–water partition coefficient (Wildman–Crippen LogP) is -0.116. The zero-order chi connectivity index (χ0) is 15.2. The lowest BCUT2D eigenvalue weighted by Crippen LogP contribution is -2.53. The van der Waals surface area contributed by atoms with Crippen molar-refractivity contribution in [3.8, 4) is 0 Å². The van der Waals surface area contributed by atoms with Crippen molar-refractivity contribution < 1.29 is 9.53 Å². The van der Waals surface area contributed by atoms with Gasteiger partial charge in [0, 0.05) is 45.8 Å². The molecule has 23 heavy (non-hydrogen) atoms. The number of carbonyl (C=O) groups is 1. The molecular formula is C16H31ClN4O2. The van der Waals surface area contributed by atoms with E-state index in [1.165, 1.54) is 32.5 Å². The number of ether oxygens (including phenoxy) is 1. The lowest BCUT2D eigenvalue weighted by Gasteiger charge is -2.38. The first-order chi connectivity index (χ1) is 10.8. The maximum absolute atomic E-state index is 12.4. The fraction of sp³-hybridized carbons (Fsp3) is 0.938. The van der Waals surface area contributed by atoms with Crippen LogP contribution in [0.3, 0.4) is 0 Å². The Balaban J connectivity index is 0.00000192. The Morgan fingerprint density at radius 3 is 2.26 bits per heavy atom. The fourth-order valence-electron chi connectivity index (χ4n) is 3.66. The van der Waals surface area contributed by atoms with Crippen molar-refractivity contribution in [1.82, 2.24) is 20.0 Å². The summed E-state index contributed by atoms with van der Waals surface area (Å²) < 4.78 is 5.34. The summed E-state index contributed by atoms with van der Waals surface area (Å²) in [7, 11) is 0. The van der Waals surface area contributed by atoms with Crippen molar-refractivity contribution in [2.45, 2.75) is 12.8 Å². The smallest absolute Gasteiger partial charge is 0.236 e. The Morgan fingerprint density at radius 2 is 1.61 bits per heavy atom. The minimum atomic E-state index is 0. The number of hydrogen-bond acceptors (Lipinski definition) is 5. The van der Waals surface area contributed by atoms with Crippen LogP contribution in [0.5, 0.6) is 0 Å². The predicted molar refractivity (Wildman–Crippen MR) is 93.1 cm³/mol. The average Bonchev–Trinajstić information content (AvgIpc) is 2.57. The molecule has 3 saturated heterocycles. The summed E-state index contributed by atoms with van der Waals surface area (Å²) in [5, 5.41) is 3.43. The third-order valence-electron chi connectivity index (χ3n) is 5.16. The van der Waals surface area contributed by atoms with E-state index in [0.29, 0.717) is 12.5 Å². The molecule has 1 amide bonds. The summed E-state index contributed by atoms with van der Waals surface area (Å²) in [6, 6.07) is 0. The van der Waals surface area contributed by atoms with Crippen LogP contribution in [0.2, 0.25) is 0 Å². The van der Waals surface area contributed by atoms with Gasteiger partial charge >= 0.3 is 0 Å². The lowest BCUT2D eigenvalue weighted by molar-refractivity contribution is -0.135. The van der Waals surface area contributed by atoms with E-state index < -0.39 is 0 Å². The van der Waals surface area contributed by atoms with Crippen molar-refractivity contribution in [2.24, 2.45) is 5.92 Å². The molecule has 6 nitrogen and oxygen atoms in total. The minimum Gasteiger partial charge on any atom is -0.379 e. The Kier molecular flexibility index (Phi) is 8.06. The summed E-state index contributed by atoms with van der Waals surface area (Å²) in [5.41, 5.74) is 0. The normalized spacial score (nSPS) is 25.1. The Hall–Kier alpha value is -0.400. The van der Waals surface area contributed by atoms with Gasteiger partial charge in [-0.2, -0.15) is 0 Å². The van der Waals surface area contributed by atoms with E-state index in [2.05, 4.69) is 15.1 Å². The van der Waals surface area contributed by atoms with E-state index >= 15 is 0 Å². The van der Waals surface area contributed by atoms with Gasteiger partial charge in [0.15, 0.2) is 0 Å². The third-order valence-corrected chi connectivity index (χ3v) is 5.16. The molecule has 0 atom stereocenters. The van der Waals surface area contributed by atoms with E-state index in [-0.39, 0.29) is 12.4 Å². The fourth-order valence-corrected chi connectivity index (χ4v) is 3.66. The van der Waals surface area contributed by atoms with Gasteiger partial charge in [-0.05, 0) is 31.8 Å². The molecule has 1 N–H and O–H groups in total. The average molecular weight is 347 g/mol. The number of morpholine rings is 1. The number of amides is 1. The van der Waals surface area contributed by atoms with E-state index in [0.717, 1.165) is 58.4 Å². The Bertz CT molecular complexity index is 352. The molecule has 7 heteroatoms. The summed E-state index contributed by atoms with van der Waals surface area (Å²) in [6.45, 7) is 11.3. The van der Waals surface area contributed by atoms with Crippen LogP contribution in [-0.2, 0) is 9.53 Å². The molecule has 0 aromatic carbocycles. The van der Waals surface area contributed by atoms with Gasteiger partial charge in [-0.15, -0.1) is 12.4 Å². The number of nitrogens with one attached hydrogen (secondary N) is 1. The topological polar surface area (TPSA) is 48.1 Å². The minimum absolute atomic E-state index is 0. The molecule has 3 aliphatic heterocycles. The van der Waals surface area contributed by atoms with Crippen LogP contribution in [0.1, 0.15) is 12.8 Å². The van der Waals surface area contributed by atoms with Crippen LogP contribution in [0.25, 0.3) is 0 Å². The second kappa shape index (κ2) is 9.79. The van der Waals surface area contributed by atoms with Crippen LogP contribution < -0.4 is 5.32 Å². The second-order valence-electron chi connectivity index (χ2n) is 6.76. The van der Waals surface area contributed by atoms with Gasteiger partial charge in [0.25, 0.3) is 0 Å². The first-order valence-electron chi connectivity index (χ1n) is 8.82. The number of carbonyl (C=O) groups excluding carboxylic acids is 1. The Morgan fingerprint density at radius 1 is 0.957 bits per heavy atom. The van der Waals surface area contributed by atoms with Crippen molar-refractivity contribution in [1.29, 1.82) is 0 Å². The number of piperazine rings is 1. The van der Waals surface area contributed by atoms with Crippen molar-refractivity contribution in [2.75, 3.05) is 78.7 Å². The zero-order valence-electron chi connectivity index (χ0n) is 14.0. The van der Waals surface area contributed by atoms with Gasteiger partial charge in [-0.3, -0.25) is 14.6 Å². The molecule has 3 rings (SSSR count). The molecule has 0 unspecified atom stereocenters. The molecule has 3 heterocycles. The molecule has 0 radical (unpaired) electrons. The third kappa shape index (κ3) is 5.87. The number of hydrogen-bond donors (Lipinski definition) is 1. The maximum atomic E-state index is 12.4. The SMILES string of the molecule is Cl.O=C(CN1CCOCC1)N1CCN(CC2CCNCC2)CC1.